The third-order valence-corrected chi connectivity index (χ3v) is 4.00. The number of hydrogen-bond acceptors (Lipinski definition) is 3. The second-order valence-electron chi connectivity index (χ2n) is 3.30. The minimum absolute atomic E-state index is 0.0885. The lowest BCUT2D eigenvalue weighted by Gasteiger charge is -2.04. The molecule has 5 heteroatoms. The molecule has 0 aromatic rings. The van der Waals surface area contributed by atoms with Crippen molar-refractivity contribution in [3.63, 3.8) is 0 Å². The highest BCUT2D eigenvalue weighted by Gasteiger charge is 2.08. The fourth-order valence-corrected chi connectivity index (χ4v) is 2.67. The second-order valence-corrected chi connectivity index (χ2v) is 5.98. The molecule has 14 heavy (non-hydrogen) atoms. The van der Waals surface area contributed by atoms with Gasteiger partial charge in [0.1, 0.15) is 0 Å². The molecule has 0 rings (SSSR count). The van der Waals surface area contributed by atoms with Gasteiger partial charge in [0.15, 0.2) is 9.84 Å². The van der Waals surface area contributed by atoms with Gasteiger partial charge in [-0.25, -0.2) is 8.42 Å². The molecule has 86 valence electrons. The third kappa shape index (κ3) is 8.78. The maximum Gasteiger partial charge on any atom is 0.152 e. The monoisotopic (exact) mass is 241 g/mol. The molecule has 0 heterocycles. The summed E-state index contributed by atoms with van der Waals surface area (Å²) in [7, 11) is -2.92. The zero-order valence-corrected chi connectivity index (χ0v) is 10.3. The van der Waals surface area contributed by atoms with E-state index in [1.54, 1.807) is 0 Å². The summed E-state index contributed by atoms with van der Waals surface area (Å²) in [5, 5.41) is 3.11. The largest absolute Gasteiger partial charge is 0.316 e. The van der Waals surface area contributed by atoms with Crippen LogP contribution in [0, 0.1) is 0 Å². The number of sulfone groups is 1. The van der Waals surface area contributed by atoms with Gasteiger partial charge < -0.3 is 5.32 Å². The lowest BCUT2D eigenvalue weighted by atomic mass is 10.2. The van der Waals surface area contributed by atoms with E-state index < -0.39 is 9.84 Å². The molecule has 0 saturated heterocycles. The van der Waals surface area contributed by atoms with Crippen molar-refractivity contribution in [2.75, 3.05) is 30.5 Å². The minimum atomic E-state index is -2.92. The van der Waals surface area contributed by atoms with Crippen LogP contribution in [0.4, 0.5) is 0 Å². The molecule has 0 atom stereocenters. The van der Waals surface area contributed by atoms with Crippen molar-refractivity contribution >= 4 is 21.4 Å². The number of halogens is 1. The first kappa shape index (κ1) is 14.2. The molecule has 0 aromatic carbocycles. The smallest absolute Gasteiger partial charge is 0.152 e. The Morgan fingerprint density at radius 1 is 1.14 bits per heavy atom. The molecule has 0 saturated carbocycles. The predicted octanol–water partition coefficient (Wildman–Crippen LogP) is 1.42. The van der Waals surface area contributed by atoms with Crippen LogP contribution in [0.25, 0.3) is 0 Å². The van der Waals surface area contributed by atoms with Gasteiger partial charge in [-0.2, -0.15) is 0 Å². The van der Waals surface area contributed by atoms with Crippen molar-refractivity contribution in [3.8, 4) is 0 Å². The van der Waals surface area contributed by atoms with Gasteiger partial charge in [-0.15, -0.1) is 11.6 Å². The zero-order valence-electron chi connectivity index (χ0n) is 8.76. The van der Waals surface area contributed by atoms with Crippen molar-refractivity contribution in [1.29, 1.82) is 0 Å². The van der Waals surface area contributed by atoms with Crippen LogP contribution in [0.5, 0.6) is 0 Å². The van der Waals surface area contributed by atoms with Gasteiger partial charge in [-0.3, -0.25) is 0 Å². The SMILES string of the molecule is CCCCCNCCS(=O)(=O)CCCl. The molecule has 0 spiro atoms. The molecule has 0 aliphatic heterocycles. The van der Waals surface area contributed by atoms with Crippen LogP contribution in [-0.4, -0.2) is 38.9 Å². The first-order valence-electron chi connectivity index (χ1n) is 5.09. The van der Waals surface area contributed by atoms with Crippen molar-refractivity contribution in [2.45, 2.75) is 26.2 Å². The van der Waals surface area contributed by atoms with E-state index in [0.717, 1.165) is 13.0 Å². The fraction of sp³-hybridized carbons (Fsp3) is 1.00. The molecule has 0 aromatic heterocycles. The van der Waals surface area contributed by atoms with E-state index >= 15 is 0 Å². The lowest BCUT2D eigenvalue weighted by molar-refractivity contribution is 0.587. The Morgan fingerprint density at radius 3 is 2.43 bits per heavy atom. The van der Waals surface area contributed by atoms with Gasteiger partial charge in [-0.1, -0.05) is 19.8 Å². The Balaban J connectivity index is 3.35. The number of hydrogen-bond donors (Lipinski definition) is 1. The average molecular weight is 242 g/mol. The van der Waals surface area contributed by atoms with Crippen LogP contribution in [0.15, 0.2) is 0 Å². The first-order chi connectivity index (χ1) is 6.62. The van der Waals surface area contributed by atoms with E-state index in [4.69, 9.17) is 11.6 Å². The van der Waals surface area contributed by atoms with E-state index in [1.807, 2.05) is 0 Å². The topological polar surface area (TPSA) is 46.2 Å². The van der Waals surface area contributed by atoms with E-state index in [9.17, 15) is 8.42 Å². The van der Waals surface area contributed by atoms with Crippen LogP contribution in [-0.2, 0) is 9.84 Å². The van der Waals surface area contributed by atoms with Gasteiger partial charge in [0.05, 0.1) is 11.5 Å². The first-order valence-corrected chi connectivity index (χ1v) is 7.45. The Morgan fingerprint density at radius 2 is 1.86 bits per heavy atom. The van der Waals surface area contributed by atoms with Crippen molar-refractivity contribution in [2.24, 2.45) is 0 Å². The summed E-state index contributed by atoms with van der Waals surface area (Å²) in [5.41, 5.74) is 0. The van der Waals surface area contributed by atoms with E-state index in [1.165, 1.54) is 12.8 Å². The zero-order chi connectivity index (χ0) is 10.9. The van der Waals surface area contributed by atoms with E-state index in [2.05, 4.69) is 12.2 Å². The number of alkyl halides is 1. The summed E-state index contributed by atoms with van der Waals surface area (Å²) in [6, 6.07) is 0. The van der Waals surface area contributed by atoms with Crippen molar-refractivity contribution < 1.29 is 8.42 Å². The number of rotatable bonds is 9. The minimum Gasteiger partial charge on any atom is -0.316 e. The predicted molar refractivity (Wildman–Crippen MR) is 61.8 cm³/mol. The molecule has 0 fully saturated rings. The fourth-order valence-electron chi connectivity index (χ4n) is 1.07. The van der Waals surface area contributed by atoms with Crippen molar-refractivity contribution in [3.05, 3.63) is 0 Å². The highest BCUT2D eigenvalue weighted by molar-refractivity contribution is 7.91. The summed E-state index contributed by atoms with van der Waals surface area (Å²) in [6.45, 7) is 3.60. The summed E-state index contributed by atoms with van der Waals surface area (Å²) in [4.78, 5) is 0. The van der Waals surface area contributed by atoms with Crippen LogP contribution >= 0.6 is 11.6 Å². The molecular weight excluding hydrogens is 222 g/mol. The maximum absolute atomic E-state index is 11.2. The third-order valence-electron chi connectivity index (χ3n) is 1.94. The highest BCUT2D eigenvalue weighted by atomic mass is 35.5. The van der Waals surface area contributed by atoms with Crippen LogP contribution in [0.3, 0.4) is 0 Å². The number of unbranched alkanes of at least 4 members (excludes halogenated alkanes) is 2. The molecule has 0 radical (unpaired) electrons. The van der Waals surface area contributed by atoms with E-state index in [0.29, 0.717) is 6.54 Å². The van der Waals surface area contributed by atoms with E-state index in [-0.39, 0.29) is 17.4 Å². The van der Waals surface area contributed by atoms with Gasteiger partial charge in [0.25, 0.3) is 0 Å². The highest BCUT2D eigenvalue weighted by Crippen LogP contribution is 1.93. The Bertz CT molecular complexity index is 217. The molecule has 3 nitrogen and oxygen atoms in total. The van der Waals surface area contributed by atoms with Gasteiger partial charge in [0.2, 0.25) is 0 Å². The van der Waals surface area contributed by atoms with Crippen LogP contribution < -0.4 is 5.32 Å². The maximum atomic E-state index is 11.2. The molecule has 0 amide bonds. The second kappa shape index (κ2) is 8.50. The Kier molecular flexibility index (Phi) is 8.63. The van der Waals surface area contributed by atoms with Gasteiger partial charge in [-0.05, 0) is 13.0 Å². The summed E-state index contributed by atoms with van der Waals surface area (Å²) in [5.74, 6) is 0.481. The molecule has 0 aliphatic rings. The average Bonchev–Trinajstić information content (AvgIpc) is 2.11. The van der Waals surface area contributed by atoms with Gasteiger partial charge >= 0.3 is 0 Å². The lowest BCUT2D eigenvalue weighted by Crippen LogP contribution is -2.25. The van der Waals surface area contributed by atoms with Gasteiger partial charge in [0, 0.05) is 12.4 Å². The molecule has 0 unspecified atom stereocenters. The van der Waals surface area contributed by atoms with Crippen LogP contribution in [0.1, 0.15) is 26.2 Å². The molecule has 0 bridgehead atoms. The molecular formula is C9H20ClNO2S. The quantitative estimate of drug-likeness (QED) is 0.491. The summed E-state index contributed by atoms with van der Waals surface area (Å²) in [6.07, 6.45) is 3.50. The molecule has 0 aliphatic carbocycles. The van der Waals surface area contributed by atoms with Crippen molar-refractivity contribution in [1.82, 2.24) is 5.32 Å². The Labute approximate surface area is 92.1 Å². The number of nitrogens with one attached hydrogen (secondary N) is 1. The summed E-state index contributed by atoms with van der Waals surface area (Å²) < 4.78 is 22.4. The molecule has 1 N–H and O–H groups in total. The Hall–Kier alpha value is 0.200. The summed E-state index contributed by atoms with van der Waals surface area (Å²) >= 11 is 5.37. The van der Waals surface area contributed by atoms with Crippen LogP contribution in [0.2, 0.25) is 0 Å². The normalized spacial score (nSPS) is 11.9. The standard InChI is InChI=1S/C9H20ClNO2S/c1-2-3-4-6-11-7-9-14(12,13)8-5-10/h11H,2-9H2,1H3.